The molecule has 0 aromatic rings. The Hall–Kier alpha value is 0.218. The molecule has 3 atom stereocenters. The van der Waals surface area contributed by atoms with Gasteiger partial charge < -0.3 is 58.5 Å². The Balaban J connectivity index is -0.000000531. The second kappa shape index (κ2) is 49.8. The topological polar surface area (TPSA) is 120 Å². The minimum atomic E-state index is -2.42. The summed E-state index contributed by atoms with van der Waals surface area (Å²) in [5.41, 5.74) is 0. The Kier molecular flexibility index (Phi) is 54.5. The Morgan fingerprint density at radius 1 is 0.437 bits per heavy atom. The van der Waals surface area contributed by atoms with Crippen molar-refractivity contribution < 1.29 is 58.5 Å². The molecule has 0 N–H and O–H groups in total. The molecule has 0 radical (unpaired) electrons. The maximum absolute atomic E-state index is 7.11. The van der Waals surface area contributed by atoms with Crippen LogP contribution in [0.3, 0.4) is 0 Å². The lowest BCUT2D eigenvalue weighted by Crippen LogP contribution is -2.58. The van der Waals surface area contributed by atoms with Crippen LogP contribution < -0.4 is 0 Å². The molecular formula is C51H118O13Si7+2. The zero-order valence-corrected chi connectivity index (χ0v) is 56.8. The van der Waals surface area contributed by atoms with Crippen LogP contribution in [-0.4, -0.2) is 166 Å². The normalized spacial score (nSPS) is 14.2. The smallest absolute Gasteiger partial charge is 0.395 e. The van der Waals surface area contributed by atoms with Crippen molar-refractivity contribution in [2.24, 2.45) is 0 Å². The summed E-state index contributed by atoms with van der Waals surface area (Å²) in [6, 6.07) is 1.99. The van der Waals surface area contributed by atoms with E-state index in [-0.39, 0.29) is 0 Å². The minimum Gasteiger partial charge on any atom is -0.439 e. The van der Waals surface area contributed by atoms with Crippen LogP contribution >= 0.6 is 0 Å². The summed E-state index contributed by atoms with van der Waals surface area (Å²) in [7, 11) is -9.35. The highest BCUT2D eigenvalue weighted by atomic mass is 28.5. The van der Waals surface area contributed by atoms with E-state index in [1.807, 2.05) is 6.08 Å². The lowest BCUT2D eigenvalue weighted by Gasteiger charge is -2.43. The largest absolute Gasteiger partial charge is 0.439 e. The average molecular weight is 1140 g/mol. The van der Waals surface area contributed by atoms with Crippen molar-refractivity contribution in [3.05, 3.63) is 38.8 Å². The van der Waals surface area contributed by atoms with Gasteiger partial charge in [-0.05, 0) is 136 Å². The highest BCUT2D eigenvalue weighted by Gasteiger charge is 2.46. The molecule has 0 aliphatic rings. The van der Waals surface area contributed by atoms with E-state index in [1.165, 1.54) is 64.2 Å². The van der Waals surface area contributed by atoms with Gasteiger partial charge in [0.05, 0.1) is 99.2 Å². The van der Waals surface area contributed by atoms with Gasteiger partial charge in [0.2, 0.25) is 0 Å². The van der Waals surface area contributed by atoms with Gasteiger partial charge in [-0.25, -0.2) is 0 Å². The fourth-order valence-electron chi connectivity index (χ4n) is 6.77. The molecule has 0 spiro atoms. The number of unbranched alkanes of at least 4 members (excludes halogenated alkanes) is 9. The predicted molar refractivity (Wildman–Crippen MR) is 320 cm³/mol. The molecule has 0 aliphatic heterocycles. The van der Waals surface area contributed by atoms with Crippen LogP contribution in [0.5, 0.6) is 0 Å². The Morgan fingerprint density at radius 3 is 1.21 bits per heavy atom. The van der Waals surface area contributed by atoms with Crippen molar-refractivity contribution >= 4 is 59.7 Å². The molecule has 0 saturated carbocycles. The predicted octanol–water partition coefficient (Wildman–Crippen LogP) is 13.4. The molecule has 0 heterocycles. The lowest BCUT2D eigenvalue weighted by molar-refractivity contribution is 0.00365. The first-order chi connectivity index (χ1) is 33.2. The summed E-state index contributed by atoms with van der Waals surface area (Å²) in [6.07, 6.45) is 18.5. The van der Waals surface area contributed by atoms with Gasteiger partial charge >= 0.3 is 25.4 Å². The SMILES string of the molecule is C=CCCCCC[CH2+].C=CCOCCOCCOCCOC.CCCCCCCC[Si](C)(O[Si](C)(C)C)O[Si](C)(CCCOCCOCCOCCOC)O[Si](C)(C)C.[CH2+][Si](C)(C)O[SiH](C)O[Si](C)(C)C. The standard InChI is InChI=1S/C26H62O7Si4.C10H20O4.C8H15.C7H21O2Si3/c1-11-12-13-14-15-16-25-36(9,31-34(3,4)5)33-37(10,32-35(6,7)8)26-17-18-28-21-22-30-24-23-29-20-19-27-2;1-3-4-12-7-8-14-10-9-13-6-5-11-2;1-3-5-7-8-6-4-2;1-10(8-11(2,3)4)9-12(5,6)7/h11-26H2,1-10H3;3H,1,4-10H2,2H3;3H,1-2,4-8H2;10H,2H2,1,3-7H3/q;;2*+1. The summed E-state index contributed by atoms with van der Waals surface area (Å²) >= 11 is 0. The highest BCUT2D eigenvalue weighted by molar-refractivity contribution is 6.90. The van der Waals surface area contributed by atoms with Crippen LogP contribution in [0.4, 0.5) is 0 Å². The summed E-state index contributed by atoms with van der Waals surface area (Å²) in [4.78, 5) is 0. The van der Waals surface area contributed by atoms with Gasteiger partial charge in [0.1, 0.15) is 0 Å². The van der Waals surface area contributed by atoms with Crippen LogP contribution in [0.15, 0.2) is 25.3 Å². The summed E-state index contributed by atoms with van der Waals surface area (Å²) < 4.78 is 74.6. The number of ether oxygens (including phenoxy) is 8. The molecule has 0 bridgehead atoms. The molecule has 13 nitrogen and oxygen atoms in total. The monoisotopic (exact) mass is 1130 g/mol. The molecule has 426 valence electrons. The maximum Gasteiger partial charge on any atom is 0.395 e. The third-order valence-electron chi connectivity index (χ3n) is 9.13. The summed E-state index contributed by atoms with van der Waals surface area (Å²) in [5, 5.41) is 0. The van der Waals surface area contributed by atoms with Crippen molar-refractivity contribution in [2.75, 3.05) is 107 Å². The average Bonchev–Trinajstić information content (AvgIpc) is 3.22. The summed E-state index contributed by atoms with van der Waals surface area (Å²) in [5.74, 6) is 0. The van der Waals surface area contributed by atoms with Crippen molar-refractivity contribution in [3.63, 3.8) is 0 Å². The lowest BCUT2D eigenvalue weighted by atomic mass is 10.1. The van der Waals surface area contributed by atoms with E-state index in [1.54, 1.807) is 20.3 Å². The first-order valence-corrected chi connectivity index (χ1v) is 47.4. The third kappa shape index (κ3) is 70.2. The molecule has 0 saturated heterocycles. The molecule has 0 fully saturated rings. The van der Waals surface area contributed by atoms with Crippen LogP contribution in [0.2, 0.25) is 104 Å². The highest BCUT2D eigenvalue weighted by Crippen LogP contribution is 2.31. The molecule has 0 aromatic heterocycles. The van der Waals surface area contributed by atoms with E-state index in [4.69, 9.17) is 58.5 Å². The van der Waals surface area contributed by atoms with Gasteiger partial charge in [0.25, 0.3) is 9.28 Å². The molecule has 3 unspecified atom stereocenters. The fraction of sp³-hybridized carbons (Fsp3) is 0.882. The molecule has 0 aromatic carbocycles. The zero-order chi connectivity index (χ0) is 55.0. The van der Waals surface area contributed by atoms with E-state index in [0.29, 0.717) is 92.5 Å². The van der Waals surface area contributed by atoms with E-state index in [0.717, 1.165) is 24.9 Å². The Bertz CT molecular complexity index is 1130. The molecule has 0 aliphatic carbocycles. The molecule has 20 heteroatoms. The first kappa shape index (κ1) is 77.7. The maximum atomic E-state index is 7.11. The van der Waals surface area contributed by atoms with Gasteiger partial charge in [-0.2, -0.15) is 0 Å². The number of hydrogen-bond donors (Lipinski definition) is 0. The van der Waals surface area contributed by atoms with Gasteiger partial charge in [-0.15, -0.1) is 13.2 Å². The van der Waals surface area contributed by atoms with Crippen molar-refractivity contribution in [2.45, 2.75) is 188 Å². The number of allylic oxidation sites excluding steroid dienone is 1. The second-order valence-electron chi connectivity index (χ2n) is 21.5. The Labute approximate surface area is 449 Å². The summed E-state index contributed by atoms with van der Waals surface area (Å²) in [6.45, 7) is 56.8. The van der Waals surface area contributed by atoms with Crippen molar-refractivity contribution in [1.82, 2.24) is 0 Å². The van der Waals surface area contributed by atoms with E-state index in [2.05, 4.69) is 125 Å². The van der Waals surface area contributed by atoms with Crippen LogP contribution in [0.25, 0.3) is 0 Å². The van der Waals surface area contributed by atoms with Crippen molar-refractivity contribution in [3.8, 4) is 0 Å². The van der Waals surface area contributed by atoms with Gasteiger partial charge in [-0.1, -0.05) is 57.6 Å². The van der Waals surface area contributed by atoms with E-state index < -0.39 is 59.7 Å². The van der Waals surface area contributed by atoms with Gasteiger partial charge in [0, 0.05) is 27.4 Å². The van der Waals surface area contributed by atoms with Crippen LogP contribution in [0, 0.1) is 13.5 Å². The first-order valence-electron chi connectivity index (χ1n) is 26.9. The fourth-order valence-corrected chi connectivity index (χ4v) is 33.4. The van der Waals surface area contributed by atoms with Crippen LogP contribution in [-0.2, 0) is 58.5 Å². The number of rotatable bonds is 46. The second-order valence-corrected chi connectivity index (χ2v) is 48.7. The number of methoxy groups -OCH3 is 2. The van der Waals surface area contributed by atoms with E-state index in [9.17, 15) is 0 Å². The third-order valence-corrected chi connectivity index (χ3v) is 31.5. The molecule has 0 amide bonds. The van der Waals surface area contributed by atoms with Crippen molar-refractivity contribution in [1.29, 1.82) is 0 Å². The van der Waals surface area contributed by atoms with Gasteiger partial charge in [-0.3, -0.25) is 0 Å². The molecule has 0 rings (SSSR count). The zero-order valence-electron chi connectivity index (χ0n) is 49.7. The number of hydrogen-bond acceptors (Lipinski definition) is 13. The van der Waals surface area contributed by atoms with E-state index >= 15 is 0 Å². The minimum absolute atomic E-state index is 0.577. The quantitative estimate of drug-likeness (QED) is 0.0249. The molecule has 71 heavy (non-hydrogen) atoms. The Morgan fingerprint density at radius 2 is 0.831 bits per heavy atom. The van der Waals surface area contributed by atoms with Crippen LogP contribution in [0.1, 0.15) is 84.0 Å². The van der Waals surface area contributed by atoms with Gasteiger partial charge in [0.15, 0.2) is 25.0 Å². The molecular weight excluding hydrogens is 1020 g/mol.